The highest BCUT2D eigenvalue weighted by atomic mass is 35.6. The molecule has 0 N–H and O–H groups in total. The van der Waals surface area contributed by atoms with Crippen molar-refractivity contribution < 1.29 is 23.8 Å². The highest BCUT2D eigenvalue weighted by Crippen LogP contribution is 2.68. The van der Waals surface area contributed by atoms with Crippen LogP contribution in [0.25, 0.3) is 0 Å². The third-order valence-electron chi connectivity index (χ3n) is 9.97. The Morgan fingerprint density at radius 2 is 1.68 bits per heavy atom. The zero-order valence-electron chi connectivity index (χ0n) is 20.8. The normalized spacial score (nSPS) is 43.9. The molecular formula is C26H39Cl3O5. The number of hydrogen-bond acceptors (Lipinski definition) is 5. The fourth-order valence-electron chi connectivity index (χ4n) is 8.85. The number of alkyl halides is 3. The fraction of sp³-hybridized carbons (Fsp3) is 0.923. The lowest BCUT2D eigenvalue weighted by Crippen LogP contribution is -2.60. The minimum absolute atomic E-state index is 0.00908. The van der Waals surface area contributed by atoms with Crippen LogP contribution in [0, 0.1) is 40.4 Å². The summed E-state index contributed by atoms with van der Waals surface area (Å²) < 4.78 is 15.7. The molecule has 0 amide bonds. The molecule has 4 aliphatic carbocycles. The van der Waals surface area contributed by atoms with Crippen molar-refractivity contribution in [1.82, 2.24) is 0 Å². The summed E-state index contributed by atoms with van der Waals surface area (Å²) in [5.74, 6) is 1.93. The Hall–Kier alpha value is -0.230. The number of hydrogen-bond donors (Lipinski definition) is 0. The van der Waals surface area contributed by atoms with Gasteiger partial charge in [0.05, 0.1) is 6.10 Å². The molecule has 0 aromatic heterocycles. The van der Waals surface area contributed by atoms with E-state index in [0.29, 0.717) is 30.8 Å². The third kappa shape index (κ3) is 4.97. The summed E-state index contributed by atoms with van der Waals surface area (Å²) in [5, 5.41) is 0. The summed E-state index contributed by atoms with van der Waals surface area (Å²) in [4.78, 5) is 25.4. The van der Waals surface area contributed by atoms with E-state index in [-0.39, 0.29) is 47.3 Å². The van der Waals surface area contributed by atoms with Gasteiger partial charge in [0, 0.05) is 18.4 Å². The van der Waals surface area contributed by atoms with Crippen molar-refractivity contribution in [3.05, 3.63) is 0 Å². The van der Waals surface area contributed by atoms with Crippen LogP contribution in [0.3, 0.4) is 0 Å². The van der Waals surface area contributed by atoms with E-state index >= 15 is 0 Å². The Morgan fingerprint density at radius 1 is 0.971 bits per heavy atom. The number of Topliss-reactive ketones (excluding diaryl/α,β-unsaturated/α-hetero) is 1. The zero-order chi connectivity index (χ0) is 24.9. The molecule has 4 aliphatic rings. The third-order valence-corrected chi connectivity index (χ3v) is 10.3. The monoisotopic (exact) mass is 536 g/mol. The van der Waals surface area contributed by atoms with Crippen LogP contribution in [0.1, 0.15) is 79.1 Å². The van der Waals surface area contributed by atoms with Crippen molar-refractivity contribution in [3.63, 3.8) is 0 Å². The molecule has 0 bridgehead atoms. The Labute approximate surface area is 218 Å². The van der Waals surface area contributed by atoms with Crippen LogP contribution in [-0.2, 0) is 19.0 Å². The van der Waals surface area contributed by atoms with Gasteiger partial charge in [-0.2, -0.15) is 0 Å². The molecule has 0 radical (unpaired) electrons. The molecule has 0 aliphatic heterocycles. The molecule has 4 saturated carbocycles. The van der Waals surface area contributed by atoms with Gasteiger partial charge < -0.3 is 14.2 Å². The second kappa shape index (κ2) is 9.91. The van der Waals surface area contributed by atoms with Crippen molar-refractivity contribution in [2.24, 2.45) is 40.4 Å². The van der Waals surface area contributed by atoms with Gasteiger partial charge in [-0.25, -0.2) is 4.79 Å². The Bertz CT molecular complexity index is 785. The maximum Gasteiger partial charge on any atom is 0.508 e. The van der Waals surface area contributed by atoms with Gasteiger partial charge in [0.2, 0.25) is 3.79 Å². The lowest BCUT2D eigenvalue weighted by Gasteiger charge is -2.62. The van der Waals surface area contributed by atoms with Crippen LogP contribution in [0.4, 0.5) is 4.79 Å². The van der Waals surface area contributed by atoms with E-state index in [1.165, 1.54) is 6.42 Å². The van der Waals surface area contributed by atoms with Gasteiger partial charge in [-0.05, 0) is 93.8 Å². The van der Waals surface area contributed by atoms with Gasteiger partial charge in [-0.3, -0.25) is 4.79 Å². The number of carbonyl (C=O) groups is 2. The van der Waals surface area contributed by atoms with Gasteiger partial charge in [0.25, 0.3) is 0 Å². The molecule has 0 aromatic carbocycles. The van der Waals surface area contributed by atoms with E-state index in [0.717, 1.165) is 38.5 Å². The predicted octanol–water partition coefficient (Wildman–Crippen LogP) is 7.14. The number of rotatable bonds is 5. The molecule has 194 valence electrons. The van der Waals surface area contributed by atoms with Crippen molar-refractivity contribution in [2.45, 2.75) is 95.1 Å². The van der Waals surface area contributed by atoms with E-state index < -0.39 is 9.95 Å². The van der Waals surface area contributed by atoms with Crippen LogP contribution in [0.5, 0.6) is 0 Å². The molecule has 4 rings (SSSR count). The summed E-state index contributed by atoms with van der Waals surface area (Å²) in [6.45, 7) is 8.75. The number of halogens is 3. The quantitative estimate of drug-likeness (QED) is 0.275. The molecule has 8 heteroatoms. The Morgan fingerprint density at radius 3 is 2.32 bits per heavy atom. The standard InChI is InChI=1S/C26H39Cl3O5/c1-5-32-17-8-6-16-7-9-18-20-11-10-19(15(2)30)25(20,4)13-21(22(18)24(16,3)12-17)34-23(31)33-14-26(27,28)29/h16-22H,5-14H2,1-4H3/t16-,17-,18+,19-,20+,21-,22-,24+,25-/m1/s1. The molecule has 0 heterocycles. The number of ketones is 1. The molecule has 0 unspecified atom stereocenters. The molecule has 0 spiro atoms. The van der Waals surface area contributed by atoms with Gasteiger partial charge in [0.1, 0.15) is 18.5 Å². The molecule has 0 aromatic rings. The lowest BCUT2D eigenvalue weighted by atomic mass is 9.43. The van der Waals surface area contributed by atoms with Gasteiger partial charge in [-0.1, -0.05) is 48.7 Å². The van der Waals surface area contributed by atoms with Crippen LogP contribution in [-0.4, -0.2) is 41.2 Å². The molecule has 4 fully saturated rings. The van der Waals surface area contributed by atoms with Crippen molar-refractivity contribution in [3.8, 4) is 0 Å². The SMILES string of the molecule is CCO[C@@H]1CC[C@@H]2CC[C@@H]3[C@H]([C@H](OC(=O)OCC(Cl)(Cl)Cl)C[C@]4(C)[C@@H](C(C)=O)CC[C@@H]34)[C@@]2(C)C1. The minimum Gasteiger partial charge on any atom is -0.431 e. The first-order valence-corrected chi connectivity index (χ1v) is 14.0. The van der Waals surface area contributed by atoms with Crippen LogP contribution >= 0.6 is 34.8 Å². The second-order valence-electron chi connectivity index (χ2n) is 11.7. The van der Waals surface area contributed by atoms with E-state index in [1.807, 2.05) is 0 Å². The van der Waals surface area contributed by atoms with Crippen molar-refractivity contribution >= 4 is 46.7 Å². The van der Waals surface area contributed by atoms with Gasteiger partial charge in [0.15, 0.2) is 0 Å². The van der Waals surface area contributed by atoms with Crippen molar-refractivity contribution in [1.29, 1.82) is 0 Å². The predicted molar refractivity (Wildman–Crippen MR) is 133 cm³/mol. The average molecular weight is 538 g/mol. The Balaban J connectivity index is 1.65. The van der Waals surface area contributed by atoms with Crippen molar-refractivity contribution in [2.75, 3.05) is 13.2 Å². The highest BCUT2D eigenvalue weighted by Gasteiger charge is 2.65. The lowest BCUT2D eigenvalue weighted by molar-refractivity contribution is -0.188. The largest absolute Gasteiger partial charge is 0.508 e. The number of ether oxygens (including phenoxy) is 3. The van der Waals surface area contributed by atoms with Crippen LogP contribution in [0.2, 0.25) is 0 Å². The summed E-state index contributed by atoms with van der Waals surface area (Å²) in [5.41, 5.74) is -0.166. The summed E-state index contributed by atoms with van der Waals surface area (Å²) >= 11 is 17.4. The molecule has 9 atom stereocenters. The first-order valence-electron chi connectivity index (χ1n) is 12.9. The highest BCUT2D eigenvalue weighted by molar-refractivity contribution is 6.67. The second-order valence-corrected chi connectivity index (χ2v) is 14.2. The number of carbonyl (C=O) groups excluding carboxylic acids is 2. The maximum atomic E-state index is 12.8. The van der Waals surface area contributed by atoms with Crippen LogP contribution in [0.15, 0.2) is 0 Å². The minimum atomic E-state index is -1.69. The smallest absolute Gasteiger partial charge is 0.431 e. The molecule has 5 nitrogen and oxygen atoms in total. The molecule has 34 heavy (non-hydrogen) atoms. The van der Waals surface area contributed by atoms with Gasteiger partial charge >= 0.3 is 6.16 Å². The first kappa shape index (κ1) is 26.8. The van der Waals surface area contributed by atoms with Crippen LogP contribution < -0.4 is 0 Å². The maximum absolute atomic E-state index is 12.8. The average Bonchev–Trinajstić information content (AvgIpc) is 3.08. The van der Waals surface area contributed by atoms with E-state index in [1.54, 1.807) is 6.92 Å². The number of fused-ring (bicyclic) bond motifs is 5. The van der Waals surface area contributed by atoms with E-state index in [2.05, 4.69) is 20.8 Å². The summed E-state index contributed by atoms with van der Waals surface area (Å²) in [6, 6.07) is 0. The van der Waals surface area contributed by atoms with E-state index in [4.69, 9.17) is 49.0 Å². The summed E-state index contributed by atoms with van der Waals surface area (Å²) in [7, 11) is 0. The summed E-state index contributed by atoms with van der Waals surface area (Å²) in [6.07, 6.45) is 7.32. The molecular weight excluding hydrogens is 499 g/mol. The first-order chi connectivity index (χ1) is 15.9. The molecule has 0 saturated heterocycles. The Kier molecular flexibility index (Phi) is 7.82. The fourth-order valence-corrected chi connectivity index (χ4v) is 9.02. The topological polar surface area (TPSA) is 61.8 Å². The van der Waals surface area contributed by atoms with E-state index in [9.17, 15) is 9.59 Å². The zero-order valence-corrected chi connectivity index (χ0v) is 23.1. The van der Waals surface area contributed by atoms with Gasteiger partial charge in [-0.15, -0.1) is 0 Å².